The zero-order valence-corrected chi connectivity index (χ0v) is 13.1. The normalized spacial score (nSPS) is 12.3. The monoisotopic (exact) mass is 313 g/mol. The van der Waals surface area contributed by atoms with Crippen LogP contribution in [0.3, 0.4) is 0 Å². The summed E-state index contributed by atoms with van der Waals surface area (Å²) in [5.74, 6) is 2.21. The number of nitrogens with one attached hydrogen (secondary N) is 2. The second-order valence-corrected chi connectivity index (χ2v) is 5.62. The Kier molecular flexibility index (Phi) is 4.32. The van der Waals surface area contributed by atoms with E-state index in [0.29, 0.717) is 12.2 Å². The highest BCUT2D eigenvalue weighted by Gasteiger charge is 2.13. The smallest absolute Gasteiger partial charge is 0.231 e. The van der Waals surface area contributed by atoms with Crippen LogP contribution in [-0.2, 0) is 11.3 Å². The Balaban J connectivity index is 1.57. The molecule has 2 N–H and O–H groups in total. The maximum Gasteiger partial charge on any atom is 0.231 e. The van der Waals surface area contributed by atoms with Gasteiger partial charge in [0.2, 0.25) is 12.7 Å². The second-order valence-electron chi connectivity index (χ2n) is 5.62. The van der Waals surface area contributed by atoms with Gasteiger partial charge in [0, 0.05) is 12.5 Å². The van der Waals surface area contributed by atoms with Gasteiger partial charge in [-0.25, -0.2) is 4.98 Å². The summed E-state index contributed by atoms with van der Waals surface area (Å²) in [6.45, 7) is 4.60. The lowest BCUT2D eigenvalue weighted by molar-refractivity contribution is -0.118. The van der Waals surface area contributed by atoms with Crippen LogP contribution in [-0.4, -0.2) is 17.7 Å². The SMILES string of the molecule is CC(C)C(=O)Nc1ccc(NCc2ccc3c(c2)OCO3)nc1. The summed E-state index contributed by atoms with van der Waals surface area (Å²) in [5, 5.41) is 6.05. The van der Waals surface area contributed by atoms with Gasteiger partial charge in [-0.1, -0.05) is 19.9 Å². The van der Waals surface area contributed by atoms with Crippen LogP contribution in [0.15, 0.2) is 36.5 Å². The molecule has 6 nitrogen and oxygen atoms in total. The summed E-state index contributed by atoms with van der Waals surface area (Å²) in [5.41, 5.74) is 1.77. The molecule has 6 heteroatoms. The number of fused-ring (bicyclic) bond motifs is 1. The molecule has 0 unspecified atom stereocenters. The fraction of sp³-hybridized carbons (Fsp3) is 0.294. The summed E-state index contributed by atoms with van der Waals surface area (Å²) >= 11 is 0. The molecule has 0 aliphatic carbocycles. The lowest BCUT2D eigenvalue weighted by Crippen LogP contribution is -2.17. The lowest BCUT2D eigenvalue weighted by atomic mass is 10.2. The molecule has 0 spiro atoms. The van der Waals surface area contributed by atoms with Gasteiger partial charge in [-0.15, -0.1) is 0 Å². The molecule has 23 heavy (non-hydrogen) atoms. The molecule has 1 aromatic heterocycles. The average Bonchev–Trinajstić information content (AvgIpc) is 3.01. The summed E-state index contributed by atoms with van der Waals surface area (Å²) in [6, 6.07) is 9.50. The number of pyridine rings is 1. The summed E-state index contributed by atoms with van der Waals surface area (Å²) in [7, 11) is 0. The van der Waals surface area contributed by atoms with Crippen molar-refractivity contribution in [2.75, 3.05) is 17.4 Å². The molecule has 0 bridgehead atoms. The third kappa shape index (κ3) is 3.71. The second kappa shape index (κ2) is 6.56. The van der Waals surface area contributed by atoms with E-state index in [0.717, 1.165) is 22.9 Å². The van der Waals surface area contributed by atoms with E-state index in [1.807, 2.05) is 44.2 Å². The molecular weight excluding hydrogens is 294 g/mol. The van der Waals surface area contributed by atoms with E-state index in [-0.39, 0.29) is 18.6 Å². The molecule has 1 aliphatic rings. The van der Waals surface area contributed by atoms with Gasteiger partial charge in [-0.05, 0) is 29.8 Å². The van der Waals surface area contributed by atoms with Crippen molar-refractivity contribution >= 4 is 17.4 Å². The van der Waals surface area contributed by atoms with Gasteiger partial charge in [0.05, 0.1) is 11.9 Å². The number of ether oxygens (including phenoxy) is 2. The number of benzene rings is 1. The van der Waals surface area contributed by atoms with Crippen molar-refractivity contribution in [1.29, 1.82) is 0 Å². The summed E-state index contributed by atoms with van der Waals surface area (Å²) in [4.78, 5) is 15.9. The molecule has 1 aromatic carbocycles. The topological polar surface area (TPSA) is 72.5 Å². The van der Waals surface area contributed by atoms with E-state index in [1.165, 1.54) is 0 Å². The van der Waals surface area contributed by atoms with Gasteiger partial charge < -0.3 is 20.1 Å². The van der Waals surface area contributed by atoms with Crippen molar-refractivity contribution in [2.24, 2.45) is 5.92 Å². The van der Waals surface area contributed by atoms with E-state index in [1.54, 1.807) is 6.20 Å². The quantitative estimate of drug-likeness (QED) is 0.888. The van der Waals surface area contributed by atoms with Crippen LogP contribution in [0.2, 0.25) is 0 Å². The van der Waals surface area contributed by atoms with E-state index < -0.39 is 0 Å². The molecule has 0 saturated heterocycles. The van der Waals surface area contributed by atoms with Crippen LogP contribution in [0.1, 0.15) is 19.4 Å². The first-order valence-electron chi connectivity index (χ1n) is 7.51. The van der Waals surface area contributed by atoms with Crippen molar-refractivity contribution in [1.82, 2.24) is 4.98 Å². The number of carbonyl (C=O) groups is 1. The predicted molar refractivity (Wildman–Crippen MR) is 87.6 cm³/mol. The maximum atomic E-state index is 11.6. The number of carbonyl (C=O) groups excluding carboxylic acids is 1. The molecule has 0 atom stereocenters. The van der Waals surface area contributed by atoms with Crippen LogP contribution < -0.4 is 20.1 Å². The van der Waals surface area contributed by atoms with Gasteiger partial charge in [-0.2, -0.15) is 0 Å². The van der Waals surface area contributed by atoms with Gasteiger partial charge in [0.1, 0.15) is 5.82 Å². The number of nitrogens with zero attached hydrogens (tertiary/aromatic N) is 1. The standard InChI is InChI=1S/C17H19N3O3/c1-11(2)17(21)20-13-4-6-16(19-9-13)18-8-12-3-5-14-15(7-12)23-10-22-14/h3-7,9,11H,8,10H2,1-2H3,(H,18,19)(H,20,21). The van der Waals surface area contributed by atoms with Crippen molar-refractivity contribution in [2.45, 2.75) is 20.4 Å². The predicted octanol–water partition coefficient (Wildman–Crippen LogP) is 3.02. The maximum absolute atomic E-state index is 11.6. The Morgan fingerprint density at radius 2 is 2.04 bits per heavy atom. The van der Waals surface area contributed by atoms with E-state index >= 15 is 0 Å². The molecule has 1 aliphatic heterocycles. The van der Waals surface area contributed by atoms with Crippen LogP contribution in [0.5, 0.6) is 11.5 Å². The minimum atomic E-state index is -0.0567. The Hall–Kier alpha value is -2.76. The van der Waals surface area contributed by atoms with Gasteiger partial charge in [0.25, 0.3) is 0 Å². The Morgan fingerprint density at radius 1 is 1.22 bits per heavy atom. The first-order chi connectivity index (χ1) is 11.1. The van der Waals surface area contributed by atoms with E-state index in [2.05, 4.69) is 15.6 Å². The number of rotatable bonds is 5. The number of anilines is 2. The first-order valence-corrected chi connectivity index (χ1v) is 7.51. The molecule has 0 radical (unpaired) electrons. The highest BCUT2D eigenvalue weighted by atomic mass is 16.7. The number of amides is 1. The fourth-order valence-corrected chi connectivity index (χ4v) is 2.10. The molecular formula is C17H19N3O3. The van der Waals surface area contributed by atoms with Crippen LogP contribution >= 0.6 is 0 Å². The van der Waals surface area contributed by atoms with E-state index in [9.17, 15) is 4.79 Å². The third-order valence-electron chi connectivity index (χ3n) is 3.47. The third-order valence-corrected chi connectivity index (χ3v) is 3.47. The Bertz CT molecular complexity index is 699. The average molecular weight is 313 g/mol. The molecule has 3 rings (SSSR count). The van der Waals surface area contributed by atoms with Crippen LogP contribution in [0, 0.1) is 5.92 Å². The van der Waals surface area contributed by atoms with Crippen molar-refractivity contribution < 1.29 is 14.3 Å². The summed E-state index contributed by atoms with van der Waals surface area (Å²) < 4.78 is 10.6. The van der Waals surface area contributed by atoms with Crippen molar-refractivity contribution in [3.63, 3.8) is 0 Å². The molecule has 0 fully saturated rings. The number of hydrogen-bond acceptors (Lipinski definition) is 5. The van der Waals surface area contributed by atoms with Gasteiger partial charge in [0.15, 0.2) is 11.5 Å². The minimum Gasteiger partial charge on any atom is -0.454 e. The fourth-order valence-electron chi connectivity index (χ4n) is 2.10. The zero-order valence-electron chi connectivity index (χ0n) is 13.1. The number of hydrogen-bond donors (Lipinski definition) is 2. The van der Waals surface area contributed by atoms with Gasteiger partial charge >= 0.3 is 0 Å². The molecule has 0 saturated carbocycles. The highest BCUT2D eigenvalue weighted by molar-refractivity contribution is 5.91. The summed E-state index contributed by atoms with van der Waals surface area (Å²) in [6.07, 6.45) is 1.64. The highest BCUT2D eigenvalue weighted by Crippen LogP contribution is 2.32. The van der Waals surface area contributed by atoms with Crippen LogP contribution in [0.25, 0.3) is 0 Å². The molecule has 2 heterocycles. The Morgan fingerprint density at radius 3 is 2.78 bits per heavy atom. The molecule has 2 aromatic rings. The molecule has 1 amide bonds. The Labute approximate surface area is 134 Å². The zero-order chi connectivity index (χ0) is 16.2. The molecule has 120 valence electrons. The van der Waals surface area contributed by atoms with Crippen molar-refractivity contribution in [3.8, 4) is 11.5 Å². The van der Waals surface area contributed by atoms with Gasteiger partial charge in [-0.3, -0.25) is 4.79 Å². The van der Waals surface area contributed by atoms with E-state index in [4.69, 9.17) is 9.47 Å². The van der Waals surface area contributed by atoms with Crippen molar-refractivity contribution in [3.05, 3.63) is 42.1 Å². The largest absolute Gasteiger partial charge is 0.454 e. The minimum absolute atomic E-state index is 0.0205. The number of aromatic nitrogens is 1. The lowest BCUT2D eigenvalue weighted by Gasteiger charge is -2.09. The first kappa shape index (κ1) is 15.1. The van der Waals surface area contributed by atoms with Crippen LogP contribution in [0.4, 0.5) is 11.5 Å².